The van der Waals surface area contributed by atoms with E-state index in [0.717, 1.165) is 5.56 Å². The number of aromatic nitrogens is 2. The molecule has 3 aromatic carbocycles. The fourth-order valence-electron chi connectivity index (χ4n) is 3.93. The van der Waals surface area contributed by atoms with Gasteiger partial charge in [0.25, 0.3) is 0 Å². The third kappa shape index (κ3) is 7.23. The molecule has 0 spiro atoms. The fourth-order valence-corrected chi connectivity index (χ4v) is 4.70. The van der Waals surface area contributed by atoms with Crippen molar-refractivity contribution >= 4 is 27.6 Å². The summed E-state index contributed by atoms with van der Waals surface area (Å²) in [7, 11) is -1.02. The minimum absolute atomic E-state index is 0. The van der Waals surface area contributed by atoms with Crippen LogP contribution in [0.3, 0.4) is 0 Å². The predicted octanol–water partition coefficient (Wildman–Crippen LogP) is 6.26. The molecule has 0 radical (unpaired) electrons. The third-order valence-electron chi connectivity index (χ3n) is 5.90. The summed E-state index contributed by atoms with van der Waals surface area (Å²) in [5.41, 5.74) is 2.72. The number of alkyl halides is 3. The zero-order valence-corrected chi connectivity index (χ0v) is 21.4. The van der Waals surface area contributed by atoms with Crippen molar-refractivity contribution in [3.8, 4) is 11.4 Å². The van der Waals surface area contributed by atoms with Gasteiger partial charge >= 0.3 is 12.1 Å². The second kappa shape index (κ2) is 12.4. The first-order chi connectivity index (χ1) is 18.0. The lowest BCUT2D eigenvalue weighted by atomic mass is 10.0. The summed E-state index contributed by atoms with van der Waals surface area (Å²) in [5.74, 6) is -1.22. The van der Waals surface area contributed by atoms with E-state index in [1.165, 1.54) is 19.1 Å². The molecule has 6 nitrogen and oxygen atoms in total. The number of amides is 1. The summed E-state index contributed by atoms with van der Waals surface area (Å²) in [6.45, 7) is 3.25. The topological polar surface area (TPSA) is 73.2 Å². The normalized spacial score (nSPS) is 13.8. The van der Waals surface area contributed by atoms with Crippen LogP contribution in [0.15, 0.2) is 72.9 Å². The van der Waals surface area contributed by atoms with Crippen molar-refractivity contribution in [2.24, 2.45) is 0 Å². The van der Waals surface area contributed by atoms with E-state index in [2.05, 4.69) is 5.10 Å². The lowest BCUT2D eigenvalue weighted by Crippen LogP contribution is -2.45. The molecule has 0 saturated carbocycles. The van der Waals surface area contributed by atoms with Gasteiger partial charge in [0.05, 0.1) is 23.4 Å². The van der Waals surface area contributed by atoms with Crippen molar-refractivity contribution in [1.29, 1.82) is 0 Å². The van der Waals surface area contributed by atoms with Crippen LogP contribution in [0.5, 0.6) is 5.75 Å². The summed E-state index contributed by atoms with van der Waals surface area (Å²) in [6, 6.07) is 16.7. The van der Waals surface area contributed by atoms with E-state index in [9.17, 15) is 26.6 Å². The van der Waals surface area contributed by atoms with Gasteiger partial charge in [-0.2, -0.15) is 18.3 Å². The number of hydrogen-bond donors (Lipinski definition) is 1. The maximum Gasteiger partial charge on any atom is 0.471 e. The van der Waals surface area contributed by atoms with Gasteiger partial charge in [-0.05, 0) is 60.5 Å². The fraction of sp³-hybridized carbons (Fsp3) is 0.286. The van der Waals surface area contributed by atoms with Crippen LogP contribution < -0.4 is 10.1 Å². The number of nitrogens with zero attached hydrogens (tertiary/aromatic N) is 2. The van der Waals surface area contributed by atoms with Crippen molar-refractivity contribution < 1.29 is 31.3 Å². The second-order valence-electron chi connectivity index (χ2n) is 8.67. The van der Waals surface area contributed by atoms with Crippen LogP contribution in [-0.4, -0.2) is 37.9 Å². The lowest BCUT2D eigenvalue weighted by Gasteiger charge is -2.27. The van der Waals surface area contributed by atoms with Gasteiger partial charge in [0.2, 0.25) is 0 Å². The molecule has 11 heteroatoms. The number of carbonyl (C=O) groups excluding carboxylic acids is 1. The Labute approximate surface area is 226 Å². The van der Waals surface area contributed by atoms with E-state index in [1.54, 1.807) is 65.5 Å². The Kier molecular flexibility index (Phi) is 9.49. The van der Waals surface area contributed by atoms with Crippen LogP contribution in [0, 0.1) is 5.82 Å². The first-order valence-electron chi connectivity index (χ1n) is 11.8. The summed E-state index contributed by atoms with van der Waals surface area (Å²) in [5, 5.41) is 7.01. The van der Waals surface area contributed by atoms with Crippen molar-refractivity contribution in [2.45, 2.75) is 45.3 Å². The largest absolute Gasteiger partial charge is 0.484 e. The summed E-state index contributed by atoms with van der Waals surface area (Å²) < 4.78 is 71.8. The molecule has 1 aromatic heterocycles. The minimum Gasteiger partial charge on any atom is -0.484 e. The number of fused-ring (bicyclic) bond motifs is 1. The Morgan fingerprint density at radius 3 is 2.36 bits per heavy atom. The maximum absolute atomic E-state index is 13.3. The monoisotopic (exact) mass is 563 g/mol. The molecule has 4 aromatic rings. The van der Waals surface area contributed by atoms with Gasteiger partial charge in [0, 0.05) is 27.7 Å². The molecule has 0 saturated heterocycles. The zero-order chi connectivity index (χ0) is 27.4. The summed E-state index contributed by atoms with van der Waals surface area (Å²) in [6.07, 6.45) is -4.41. The highest BCUT2D eigenvalue weighted by atomic mass is 32.2. The zero-order valence-electron chi connectivity index (χ0n) is 20.5. The number of nitrogens with one attached hydrogen (secondary N) is 1. The molecule has 3 atom stereocenters. The number of halogens is 4. The van der Waals surface area contributed by atoms with Crippen LogP contribution >= 0.6 is 0 Å². The van der Waals surface area contributed by atoms with Crippen LogP contribution in [-0.2, 0) is 21.3 Å². The second-order valence-corrected chi connectivity index (χ2v) is 10.4. The van der Waals surface area contributed by atoms with E-state index < -0.39 is 35.0 Å². The SMILES string of the molecule is C.CCS(=O)Cc1ccc([C@@H](Oc2ccc3c(cnn3-c3ccc(F)cc3)c2)[C@H](C)NC(=O)C(F)(F)F)cc1. The standard InChI is InChI=1S/C27H25F4N3O3S.CH4/c1-3-38(36)16-18-4-6-19(7-5-18)25(17(2)33-26(35)27(29,30)31)37-23-12-13-24-20(14-23)15-32-34(24)22-10-8-21(28)9-11-22;/h4-15,17,25H,3,16H2,1-2H3,(H,33,35);1H4/t17-,25-,38?;/m0./s1. The molecule has 0 aliphatic carbocycles. The van der Waals surface area contributed by atoms with Crippen molar-refractivity contribution in [2.75, 3.05) is 5.75 Å². The molecule has 208 valence electrons. The van der Waals surface area contributed by atoms with Gasteiger partial charge in [0.15, 0.2) is 0 Å². The van der Waals surface area contributed by atoms with Gasteiger partial charge in [-0.1, -0.05) is 38.6 Å². The number of carbonyl (C=O) groups is 1. The van der Waals surface area contributed by atoms with Crippen LogP contribution in [0.25, 0.3) is 16.6 Å². The Bertz CT molecular complexity index is 1440. The molecule has 0 bridgehead atoms. The van der Waals surface area contributed by atoms with Crippen LogP contribution in [0.2, 0.25) is 0 Å². The van der Waals surface area contributed by atoms with Gasteiger partial charge in [-0.25, -0.2) is 9.07 Å². The molecule has 4 rings (SSSR count). The highest BCUT2D eigenvalue weighted by Crippen LogP contribution is 2.30. The lowest BCUT2D eigenvalue weighted by molar-refractivity contribution is -0.174. The first kappa shape index (κ1) is 29.8. The highest BCUT2D eigenvalue weighted by Gasteiger charge is 2.40. The smallest absolute Gasteiger partial charge is 0.471 e. The highest BCUT2D eigenvalue weighted by molar-refractivity contribution is 7.84. The van der Waals surface area contributed by atoms with E-state index in [1.807, 2.05) is 12.2 Å². The average molecular weight is 564 g/mol. The molecule has 1 N–H and O–H groups in total. The molecule has 1 amide bonds. The average Bonchev–Trinajstić information content (AvgIpc) is 3.31. The molecule has 1 unspecified atom stereocenters. The van der Waals surface area contributed by atoms with E-state index in [0.29, 0.717) is 39.4 Å². The Morgan fingerprint density at radius 1 is 1.08 bits per heavy atom. The summed E-state index contributed by atoms with van der Waals surface area (Å²) in [4.78, 5) is 11.6. The predicted molar refractivity (Wildman–Crippen MR) is 144 cm³/mol. The van der Waals surface area contributed by atoms with E-state index in [4.69, 9.17) is 4.74 Å². The first-order valence-corrected chi connectivity index (χ1v) is 13.3. The Balaban J connectivity index is 0.00000420. The number of rotatable bonds is 9. The van der Waals surface area contributed by atoms with Gasteiger partial charge in [-0.15, -0.1) is 0 Å². The molecular weight excluding hydrogens is 534 g/mol. The Hall–Kier alpha value is -3.73. The van der Waals surface area contributed by atoms with Gasteiger partial charge in [0.1, 0.15) is 17.7 Å². The van der Waals surface area contributed by atoms with Crippen molar-refractivity contribution in [1.82, 2.24) is 15.1 Å². The third-order valence-corrected chi connectivity index (χ3v) is 7.20. The molecular formula is C28H29F4N3O3S. The molecule has 1 heterocycles. The van der Waals surface area contributed by atoms with Gasteiger partial charge < -0.3 is 10.1 Å². The molecule has 39 heavy (non-hydrogen) atoms. The van der Waals surface area contributed by atoms with Crippen molar-refractivity contribution in [3.05, 3.63) is 89.9 Å². The van der Waals surface area contributed by atoms with E-state index in [-0.39, 0.29) is 13.2 Å². The number of benzene rings is 3. The Morgan fingerprint density at radius 2 is 1.74 bits per heavy atom. The maximum atomic E-state index is 13.3. The molecule has 0 aliphatic rings. The van der Waals surface area contributed by atoms with Crippen LogP contribution in [0.1, 0.15) is 38.5 Å². The number of ether oxygens (including phenoxy) is 1. The van der Waals surface area contributed by atoms with Crippen molar-refractivity contribution in [3.63, 3.8) is 0 Å². The molecule has 0 fully saturated rings. The van der Waals surface area contributed by atoms with Gasteiger partial charge in [-0.3, -0.25) is 9.00 Å². The van der Waals surface area contributed by atoms with Crippen LogP contribution in [0.4, 0.5) is 17.6 Å². The van der Waals surface area contributed by atoms with E-state index >= 15 is 0 Å². The minimum atomic E-state index is -5.04. The number of hydrogen-bond acceptors (Lipinski definition) is 4. The summed E-state index contributed by atoms with van der Waals surface area (Å²) >= 11 is 0. The molecule has 0 aliphatic heterocycles. The quantitative estimate of drug-likeness (QED) is 0.244.